The number of benzene rings is 2. The number of carbonyl (C=O) groups excluding carboxylic acids is 3. The Morgan fingerprint density at radius 1 is 0.559 bits per heavy atom. The van der Waals surface area contributed by atoms with E-state index in [1.165, 1.54) is 12.1 Å². The third-order valence-corrected chi connectivity index (χ3v) is 4.76. The van der Waals surface area contributed by atoms with E-state index < -0.39 is 69.0 Å². The fraction of sp³-hybridized carbons (Fsp3) is 0.182. The van der Waals surface area contributed by atoms with Crippen LogP contribution >= 0.6 is 0 Å². The molecule has 0 heterocycles. The molecule has 12 heteroatoms. The molecule has 0 aliphatic carbocycles. The van der Waals surface area contributed by atoms with Gasteiger partial charge < -0.3 is 31.3 Å². The maximum absolute atomic E-state index is 13.2. The quantitative estimate of drug-likeness (QED) is 0.345. The van der Waals surface area contributed by atoms with Crippen molar-refractivity contribution in [3.05, 3.63) is 62.7 Å². The maximum Gasteiger partial charge on any atom is 0.337 e. The number of hydrogen-bond acceptors (Lipinski definition) is 6. The molecule has 2 aromatic carbocycles. The summed E-state index contributed by atoms with van der Waals surface area (Å²) in [7, 11) is 2.14. The van der Waals surface area contributed by atoms with Gasteiger partial charge in [0.2, 0.25) is 0 Å². The molecule has 0 radical (unpaired) electrons. The number of amides is 3. The zero-order valence-electron chi connectivity index (χ0n) is 18.5. The smallest absolute Gasteiger partial charge is 0.337 e. The molecule has 0 aliphatic rings. The van der Waals surface area contributed by atoms with E-state index in [4.69, 9.17) is 0 Å². The molecule has 2 aromatic rings. The molecule has 0 bridgehead atoms. The summed E-state index contributed by atoms with van der Waals surface area (Å²) in [6.07, 6.45) is 0. The number of aromatic carboxylic acids is 3. The lowest BCUT2D eigenvalue weighted by molar-refractivity contribution is 0.0672. The van der Waals surface area contributed by atoms with Crippen LogP contribution in [0.15, 0.2) is 18.2 Å². The van der Waals surface area contributed by atoms with E-state index in [-0.39, 0.29) is 5.69 Å². The first-order valence-corrected chi connectivity index (χ1v) is 9.63. The van der Waals surface area contributed by atoms with Gasteiger partial charge in [-0.05, 0) is 37.1 Å². The van der Waals surface area contributed by atoms with Crippen LogP contribution in [-0.4, -0.2) is 65.0 Å². The highest BCUT2D eigenvalue weighted by Gasteiger charge is 2.40. The minimum absolute atomic E-state index is 0.181. The molecule has 0 aliphatic heterocycles. The minimum Gasteiger partial charge on any atom is -0.478 e. The first kappa shape index (κ1) is 25.5. The van der Waals surface area contributed by atoms with Crippen molar-refractivity contribution in [3.8, 4) is 0 Å². The average molecular weight is 471 g/mol. The topological polar surface area (TPSA) is 199 Å². The second-order valence-corrected chi connectivity index (χ2v) is 7.15. The Balaban J connectivity index is 3.11. The first-order chi connectivity index (χ1) is 15.8. The first-order valence-electron chi connectivity index (χ1n) is 9.63. The van der Waals surface area contributed by atoms with Crippen molar-refractivity contribution in [1.82, 2.24) is 10.6 Å². The van der Waals surface area contributed by atoms with Crippen LogP contribution in [-0.2, 0) is 0 Å². The predicted molar refractivity (Wildman–Crippen MR) is 118 cm³/mol. The van der Waals surface area contributed by atoms with Gasteiger partial charge in [-0.3, -0.25) is 14.4 Å². The molecule has 0 aromatic heterocycles. The summed E-state index contributed by atoms with van der Waals surface area (Å²) >= 11 is 0. The van der Waals surface area contributed by atoms with Crippen molar-refractivity contribution >= 4 is 41.3 Å². The standard InChI is InChI=1S/C22H21N3O9/c1-8-5-9(2)7-10(6-8)25-19(28)13-15(21(31)32)11(17(26)23-3)14(20(29)30)12(18(27)24-4)16(13)22(33)34/h5-7H,1-4H3,(H,23,26)(H,24,27)(H,25,28)(H,29,30)(H,31,32)(H,33,34). The van der Waals surface area contributed by atoms with E-state index >= 15 is 0 Å². The van der Waals surface area contributed by atoms with Gasteiger partial charge in [0, 0.05) is 19.8 Å². The summed E-state index contributed by atoms with van der Waals surface area (Å²) in [4.78, 5) is 74.8. The summed E-state index contributed by atoms with van der Waals surface area (Å²) in [6.45, 7) is 3.45. The number of nitrogens with one attached hydrogen (secondary N) is 3. The molecular formula is C22H21N3O9. The van der Waals surface area contributed by atoms with Gasteiger partial charge in [0.05, 0.1) is 33.4 Å². The van der Waals surface area contributed by atoms with Crippen LogP contribution in [0.1, 0.15) is 73.3 Å². The van der Waals surface area contributed by atoms with Gasteiger partial charge in [0.25, 0.3) is 17.7 Å². The number of aryl methyl sites for hydroxylation is 2. The lowest BCUT2D eigenvalue weighted by Gasteiger charge is -2.20. The van der Waals surface area contributed by atoms with Crippen molar-refractivity contribution in [2.24, 2.45) is 0 Å². The molecule has 2 rings (SSSR count). The van der Waals surface area contributed by atoms with Crippen molar-refractivity contribution in [1.29, 1.82) is 0 Å². The molecule has 34 heavy (non-hydrogen) atoms. The van der Waals surface area contributed by atoms with Gasteiger partial charge in [0.1, 0.15) is 0 Å². The van der Waals surface area contributed by atoms with Crippen LogP contribution in [0.4, 0.5) is 5.69 Å². The van der Waals surface area contributed by atoms with Crippen LogP contribution in [0.3, 0.4) is 0 Å². The van der Waals surface area contributed by atoms with Crippen LogP contribution < -0.4 is 16.0 Å². The monoisotopic (exact) mass is 471 g/mol. The van der Waals surface area contributed by atoms with Crippen LogP contribution in [0, 0.1) is 13.8 Å². The summed E-state index contributed by atoms with van der Waals surface area (Å²) in [5.74, 6) is -9.61. The van der Waals surface area contributed by atoms with Crippen molar-refractivity contribution in [2.45, 2.75) is 13.8 Å². The van der Waals surface area contributed by atoms with Gasteiger partial charge in [-0.25, -0.2) is 14.4 Å². The molecule has 3 amide bonds. The van der Waals surface area contributed by atoms with E-state index in [0.29, 0.717) is 0 Å². The average Bonchev–Trinajstić information content (AvgIpc) is 2.74. The largest absolute Gasteiger partial charge is 0.478 e. The lowest BCUT2D eigenvalue weighted by atomic mass is 9.84. The zero-order valence-corrected chi connectivity index (χ0v) is 18.5. The summed E-state index contributed by atoms with van der Waals surface area (Å²) in [6, 6.07) is 4.84. The zero-order chi connectivity index (χ0) is 25.9. The molecular weight excluding hydrogens is 450 g/mol. The van der Waals surface area contributed by atoms with Crippen molar-refractivity contribution < 1.29 is 44.1 Å². The van der Waals surface area contributed by atoms with E-state index in [2.05, 4.69) is 16.0 Å². The number of hydrogen-bond donors (Lipinski definition) is 6. The van der Waals surface area contributed by atoms with E-state index in [0.717, 1.165) is 25.2 Å². The van der Waals surface area contributed by atoms with Crippen molar-refractivity contribution in [3.63, 3.8) is 0 Å². The summed E-state index contributed by atoms with van der Waals surface area (Å²) in [5, 5.41) is 35.9. The van der Waals surface area contributed by atoms with Crippen LogP contribution in [0.2, 0.25) is 0 Å². The van der Waals surface area contributed by atoms with E-state index in [9.17, 15) is 44.1 Å². The van der Waals surface area contributed by atoms with E-state index in [1.54, 1.807) is 19.9 Å². The van der Waals surface area contributed by atoms with Gasteiger partial charge in [-0.1, -0.05) is 6.07 Å². The number of carboxylic acids is 3. The normalized spacial score (nSPS) is 10.2. The fourth-order valence-electron chi connectivity index (χ4n) is 3.56. The molecule has 0 saturated carbocycles. The Morgan fingerprint density at radius 2 is 0.882 bits per heavy atom. The molecule has 0 saturated heterocycles. The minimum atomic E-state index is -1.95. The molecule has 6 N–H and O–H groups in total. The fourth-order valence-corrected chi connectivity index (χ4v) is 3.56. The highest BCUT2D eigenvalue weighted by atomic mass is 16.4. The van der Waals surface area contributed by atoms with E-state index in [1.807, 2.05) is 0 Å². The Labute approximate surface area is 192 Å². The lowest BCUT2D eigenvalue weighted by Crippen LogP contribution is -2.34. The maximum atomic E-state index is 13.2. The summed E-state index contributed by atoms with van der Waals surface area (Å²) < 4.78 is 0. The molecule has 0 spiro atoms. The Bertz CT molecular complexity index is 1190. The second-order valence-electron chi connectivity index (χ2n) is 7.15. The van der Waals surface area contributed by atoms with Gasteiger partial charge >= 0.3 is 17.9 Å². The number of rotatable bonds is 7. The number of anilines is 1. The highest BCUT2D eigenvalue weighted by Crippen LogP contribution is 2.31. The Hall–Kier alpha value is -4.74. The third kappa shape index (κ3) is 4.70. The van der Waals surface area contributed by atoms with Crippen molar-refractivity contribution in [2.75, 3.05) is 19.4 Å². The van der Waals surface area contributed by atoms with Crippen LogP contribution in [0.25, 0.3) is 0 Å². The third-order valence-electron chi connectivity index (χ3n) is 4.76. The Morgan fingerprint density at radius 3 is 1.18 bits per heavy atom. The molecule has 0 fully saturated rings. The molecule has 178 valence electrons. The number of carboxylic acid groups (broad SMARTS) is 3. The predicted octanol–water partition coefficient (Wildman–Crippen LogP) is 1.37. The summed E-state index contributed by atoms with van der Waals surface area (Å²) in [5.41, 5.74) is -5.03. The van der Waals surface area contributed by atoms with Gasteiger partial charge in [-0.15, -0.1) is 0 Å². The second kappa shape index (κ2) is 9.81. The highest BCUT2D eigenvalue weighted by molar-refractivity contribution is 6.26. The van der Waals surface area contributed by atoms with Gasteiger partial charge in [-0.2, -0.15) is 0 Å². The number of carbonyl (C=O) groups is 6. The Kier molecular flexibility index (Phi) is 7.37. The van der Waals surface area contributed by atoms with Gasteiger partial charge in [0.15, 0.2) is 0 Å². The molecule has 0 unspecified atom stereocenters. The molecule has 0 atom stereocenters. The SMILES string of the molecule is CNC(=O)c1c(C(=O)O)c(C(=O)NC)c(C(=O)O)c(C(=O)Nc2cc(C)cc(C)c2)c1C(=O)O. The molecule has 12 nitrogen and oxygen atoms in total. The van der Waals surface area contributed by atoms with Crippen LogP contribution in [0.5, 0.6) is 0 Å².